The lowest BCUT2D eigenvalue weighted by Crippen LogP contribution is -2.29. The summed E-state index contributed by atoms with van der Waals surface area (Å²) in [5.74, 6) is 0.187. The Kier molecular flexibility index (Phi) is 6.24. The molecule has 1 saturated carbocycles. The predicted molar refractivity (Wildman–Crippen MR) is 87.6 cm³/mol. The molecule has 0 aromatic carbocycles. The number of nitrogens with two attached hydrogens (primary N) is 1. The molecular weight excluding hydrogens is 316 g/mol. The van der Waals surface area contributed by atoms with E-state index in [1.807, 2.05) is 0 Å². The Morgan fingerprint density at radius 2 is 2.12 bits per heavy atom. The van der Waals surface area contributed by atoms with E-state index < -0.39 is 10.9 Å². The van der Waals surface area contributed by atoms with Gasteiger partial charge < -0.3 is 21.1 Å². The van der Waals surface area contributed by atoms with Crippen molar-refractivity contribution in [1.82, 2.24) is 9.97 Å². The average Bonchev–Trinajstić information content (AvgIpc) is 2.59. The quantitative estimate of drug-likeness (QED) is 0.375. The van der Waals surface area contributed by atoms with Gasteiger partial charge in [0.1, 0.15) is 12.7 Å². The second kappa shape index (κ2) is 8.39. The first kappa shape index (κ1) is 17.9. The lowest BCUT2D eigenvalue weighted by molar-refractivity contribution is -0.384. The molecule has 1 aromatic heterocycles. The Labute approximate surface area is 139 Å². The fourth-order valence-electron chi connectivity index (χ4n) is 2.58. The standard InChI is InChI=1S/C14H22N6O4/c1-24-12(21)8-18-14-17-7-11(20(22)23)13(19-14)16-6-9-2-4-10(15)5-3-9/h7,9-10H,2-6,8,15H2,1H3,(H2,16,17,18,19). The van der Waals surface area contributed by atoms with Crippen molar-refractivity contribution < 1.29 is 14.5 Å². The van der Waals surface area contributed by atoms with E-state index in [1.54, 1.807) is 0 Å². The summed E-state index contributed by atoms with van der Waals surface area (Å²) in [6.07, 6.45) is 5.01. The SMILES string of the molecule is COC(=O)CNc1ncc([N+](=O)[O-])c(NCC2CCC(N)CC2)n1. The summed E-state index contributed by atoms with van der Waals surface area (Å²) >= 11 is 0. The Bertz CT molecular complexity index is 589. The molecule has 10 nitrogen and oxygen atoms in total. The molecule has 1 heterocycles. The van der Waals surface area contributed by atoms with Crippen LogP contribution in [0.4, 0.5) is 17.5 Å². The molecule has 24 heavy (non-hydrogen) atoms. The van der Waals surface area contributed by atoms with Gasteiger partial charge in [-0.1, -0.05) is 0 Å². The first-order valence-corrected chi connectivity index (χ1v) is 7.81. The smallest absolute Gasteiger partial charge is 0.329 e. The molecule has 0 radical (unpaired) electrons. The van der Waals surface area contributed by atoms with Gasteiger partial charge in [-0.2, -0.15) is 4.98 Å². The van der Waals surface area contributed by atoms with Crippen molar-refractivity contribution >= 4 is 23.4 Å². The topological polar surface area (TPSA) is 145 Å². The van der Waals surface area contributed by atoms with Crippen molar-refractivity contribution in [1.29, 1.82) is 0 Å². The third-order valence-corrected chi connectivity index (χ3v) is 4.03. The largest absolute Gasteiger partial charge is 0.468 e. The molecule has 0 aliphatic heterocycles. The number of ether oxygens (including phenoxy) is 1. The highest BCUT2D eigenvalue weighted by Crippen LogP contribution is 2.26. The van der Waals surface area contributed by atoms with Crippen LogP contribution in [0.15, 0.2) is 6.20 Å². The number of carbonyl (C=O) groups excluding carboxylic acids is 1. The van der Waals surface area contributed by atoms with Gasteiger partial charge in [-0.25, -0.2) is 4.98 Å². The molecule has 1 aliphatic carbocycles. The molecular formula is C14H22N6O4. The number of hydrogen-bond donors (Lipinski definition) is 3. The number of esters is 1. The van der Waals surface area contributed by atoms with Crippen molar-refractivity contribution in [2.75, 3.05) is 30.8 Å². The van der Waals surface area contributed by atoms with Gasteiger partial charge in [0.2, 0.25) is 11.8 Å². The van der Waals surface area contributed by atoms with E-state index in [4.69, 9.17) is 5.73 Å². The third kappa shape index (κ3) is 5.01. The van der Waals surface area contributed by atoms with E-state index in [0.717, 1.165) is 31.9 Å². The van der Waals surface area contributed by atoms with Gasteiger partial charge in [-0.05, 0) is 31.6 Å². The Morgan fingerprint density at radius 1 is 1.42 bits per heavy atom. The number of nitrogens with one attached hydrogen (secondary N) is 2. The van der Waals surface area contributed by atoms with Crippen LogP contribution >= 0.6 is 0 Å². The lowest BCUT2D eigenvalue weighted by Gasteiger charge is -2.26. The molecule has 0 amide bonds. The maximum absolute atomic E-state index is 11.1. The molecule has 1 aromatic rings. The Balaban J connectivity index is 2.01. The van der Waals surface area contributed by atoms with Gasteiger partial charge in [0.05, 0.1) is 12.0 Å². The van der Waals surface area contributed by atoms with Gasteiger partial charge in [-0.3, -0.25) is 14.9 Å². The van der Waals surface area contributed by atoms with Crippen LogP contribution in [0.3, 0.4) is 0 Å². The fraction of sp³-hybridized carbons (Fsp3) is 0.643. The van der Waals surface area contributed by atoms with Gasteiger partial charge >= 0.3 is 11.7 Å². The van der Waals surface area contributed by atoms with Gasteiger partial charge in [0, 0.05) is 12.6 Å². The Morgan fingerprint density at radius 3 is 2.75 bits per heavy atom. The van der Waals surface area contributed by atoms with Crippen LogP contribution in [0.25, 0.3) is 0 Å². The van der Waals surface area contributed by atoms with E-state index >= 15 is 0 Å². The average molecular weight is 338 g/mol. The molecule has 0 spiro atoms. The van der Waals surface area contributed by atoms with E-state index in [0.29, 0.717) is 12.5 Å². The maximum atomic E-state index is 11.1. The summed E-state index contributed by atoms with van der Waals surface area (Å²) in [6.45, 7) is 0.468. The molecule has 0 unspecified atom stereocenters. The fourth-order valence-corrected chi connectivity index (χ4v) is 2.58. The molecule has 132 valence electrons. The molecule has 0 bridgehead atoms. The highest BCUT2D eigenvalue weighted by molar-refractivity contribution is 5.74. The summed E-state index contributed by atoms with van der Waals surface area (Å²) in [5.41, 5.74) is 5.68. The molecule has 0 atom stereocenters. The highest BCUT2D eigenvalue weighted by Gasteiger charge is 2.21. The summed E-state index contributed by atoms with van der Waals surface area (Å²) in [4.78, 5) is 29.6. The van der Waals surface area contributed by atoms with Crippen molar-refractivity contribution in [2.24, 2.45) is 11.7 Å². The van der Waals surface area contributed by atoms with Crippen molar-refractivity contribution in [3.05, 3.63) is 16.3 Å². The first-order chi connectivity index (χ1) is 11.5. The molecule has 10 heteroatoms. The summed E-state index contributed by atoms with van der Waals surface area (Å²) in [7, 11) is 1.27. The Hall–Kier alpha value is -2.49. The maximum Gasteiger partial charge on any atom is 0.329 e. The zero-order valence-electron chi connectivity index (χ0n) is 13.5. The second-order valence-electron chi connectivity index (χ2n) is 5.78. The van der Waals surface area contributed by atoms with Crippen LogP contribution in [-0.4, -0.2) is 47.1 Å². The number of anilines is 2. The zero-order chi connectivity index (χ0) is 17.5. The van der Waals surface area contributed by atoms with E-state index in [-0.39, 0.29) is 30.0 Å². The minimum Gasteiger partial charge on any atom is -0.468 e. The normalized spacial score (nSPS) is 20.2. The number of carbonyl (C=O) groups is 1. The minimum absolute atomic E-state index is 0.117. The second-order valence-corrected chi connectivity index (χ2v) is 5.78. The van der Waals surface area contributed by atoms with Crippen LogP contribution in [0.2, 0.25) is 0 Å². The number of aromatic nitrogens is 2. The van der Waals surface area contributed by atoms with Gasteiger partial charge in [-0.15, -0.1) is 0 Å². The summed E-state index contributed by atoms with van der Waals surface area (Å²) in [5, 5.41) is 16.8. The highest BCUT2D eigenvalue weighted by atomic mass is 16.6. The number of rotatable bonds is 7. The summed E-state index contributed by atoms with van der Waals surface area (Å²) < 4.78 is 4.51. The van der Waals surface area contributed by atoms with E-state index in [1.165, 1.54) is 7.11 Å². The number of nitrogens with zero attached hydrogens (tertiary/aromatic N) is 3. The number of hydrogen-bond acceptors (Lipinski definition) is 9. The summed E-state index contributed by atoms with van der Waals surface area (Å²) in [6, 6.07) is 0.253. The van der Waals surface area contributed by atoms with Crippen molar-refractivity contribution in [3.63, 3.8) is 0 Å². The molecule has 2 rings (SSSR count). The molecule has 4 N–H and O–H groups in total. The van der Waals surface area contributed by atoms with Crippen LogP contribution in [0.1, 0.15) is 25.7 Å². The number of methoxy groups -OCH3 is 1. The molecule has 1 aliphatic rings. The first-order valence-electron chi connectivity index (χ1n) is 7.81. The van der Waals surface area contributed by atoms with E-state index in [2.05, 4.69) is 25.3 Å². The van der Waals surface area contributed by atoms with Crippen molar-refractivity contribution in [3.8, 4) is 0 Å². The third-order valence-electron chi connectivity index (χ3n) is 4.03. The van der Waals surface area contributed by atoms with Gasteiger partial charge in [0.15, 0.2) is 0 Å². The monoisotopic (exact) mass is 338 g/mol. The number of nitro groups is 1. The lowest BCUT2D eigenvalue weighted by atomic mass is 9.86. The molecule has 1 fully saturated rings. The predicted octanol–water partition coefficient (Wildman–Crippen LogP) is 0.899. The van der Waals surface area contributed by atoms with Crippen LogP contribution < -0.4 is 16.4 Å². The van der Waals surface area contributed by atoms with Crippen molar-refractivity contribution in [2.45, 2.75) is 31.7 Å². The zero-order valence-corrected chi connectivity index (χ0v) is 13.5. The van der Waals surface area contributed by atoms with Crippen LogP contribution in [-0.2, 0) is 9.53 Å². The van der Waals surface area contributed by atoms with Crippen LogP contribution in [0.5, 0.6) is 0 Å². The van der Waals surface area contributed by atoms with Gasteiger partial charge in [0.25, 0.3) is 0 Å². The molecule has 0 saturated heterocycles. The van der Waals surface area contributed by atoms with Crippen LogP contribution in [0, 0.1) is 16.0 Å². The minimum atomic E-state index is -0.538. The van der Waals surface area contributed by atoms with E-state index in [9.17, 15) is 14.9 Å².